The minimum Gasteiger partial charge on any atom is -0.376 e. The average Bonchev–Trinajstić information content (AvgIpc) is 3.37. The fourth-order valence-electron chi connectivity index (χ4n) is 3.59. The molecule has 1 aliphatic heterocycles. The topological polar surface area (TPSA) is 93.5 Å². The first kappa shape index (κ1) is 18.6. The highest BCUT2D eigenvalue weighted by Gasteiger charge is 2.26. The molecule has 2 aromatic heterocycles. The van der Waals surface area contributed by atoms with E-state index in [1.54, 1.807) is 7.11 Å². The fourth-order valence-corrected chi connectivity index (χ4v) is 3.59. The van der Waals surface area contributed by atoms with E-state index in [4.69, 9.17) is 14.0 Å². The highest BCUT2D eigenvalue weighted by molar-refractivity contribution is 6.06. The van der Waals surface area contributed by atoms with Crippen molar-refractivity contribution in [2.75, 3.05) is 26.8 Å². The maximum atomic E-state index is 13.0. The summed E-state index contributed by atoms with van der Waals surface area (Å²) in [5.74, 6) is 1.13. The van der Waals surface area contributed by atoms with Crippen molar-refractivity contribution in [3.63, 3.8) is 0 Å². The number of carbonyl (C=O) groups excluding carboxylic acids is 1. The van der Waals surface area contributed by atoms with E-state index in [-0.39, 0.29) is 12.0 Å². The highest BCUT2D eigenvalue weighted by Crippen LogP contribution is 2.22. The van der Waals surface area contributed by atoms with E-state index in [0.717, 1.165) is 35.9 Å². The van der Waals surface area contributed by atoms with Crippen LogP contribution in [0.5, 0.6) is 0 Å². The van der Waals surface area contributed by atoms with Gasteiger partial charge in [-0.15, -0.1) is 0 Å². The van der Waals surface area contributed by atoms with Crippen LogP contribution in [-0.4, -0.2) is 58.8 Å². The standard InChI is InChI=1S/C20H24N4O4/c1-26-13-19-22-18(23-28-19)8-11-27-14-4-3-10-24(12-14)20(25)16-5-2-6-17-15(16)7-9-21-17/h2,5-7,9,14,21H,3-4,8,10-13H2,1H3. The molecule has 1 amide bonds. The molecule has 1 fully saturated rings. The predicted octanol–water partition coefficient (Wildman–Crippen LogP) is 2.56. The third-order valence-electron chi connectivity index (χ3n) is 4.95. The number of carbonyl (C=O) groups is 1. The quantitative estimate of drug-likeness (QED) is 0.673. The SMILES string of the molecule is COCc1nc(CCOC2CCCN(C(=O)c3cccc4[nH]ccc34)C2)no1. The van der Waals surface area contributed by atoms with E-state index in [9.17, 15) is 4.79 Å². The Labute approximate surface area is 162 Å². The Hall–Kier alpha value is -2.71. The minimum atomic E-state index is 0.0217. The summed E-state index contributed by atoms with van der Waals surface area (Å²) in [5, 5.41) is 4.87. The molecule has 0 spiro atoms. The van der Waals surface area contributed by atoms with Crippen molar-refractivity contribution in [2.24, 2.45) is 0 Å². The molecule has 0 saturated carbocycles. The highest BCUT2D eigenvalue weighted by atomic mass is 16.5. The number of rotatable bonds is 7. The molecule has 1 aromatic carbocycles. The van der Waals surface area contributed by atoms with Gasteiger partial charge in [0.15, 0.2) is 5.82 Å². The number of hydrogen-bond acceptors (Lipinski definition) is 6. The molecule has 0 aliphatic carbocycles. The largest absolute Gasteiger partial charge is 0.376 e. The first-order chi connectivity index (χ1) is 13.7. The lowest BCUT2D eigenvalue weighted by molar-refractivity contribution is 0.00258. The van der Waals surface area contributed by atoms with E-state index in [1.807, 2.05) is 35.4 Å². The second-order valence-corrected chi connectivity index (χ2v) is 6.92. The van der Waals surface area contributed by atoms with Crippen molar-refractivity contribution in [3.8, 4) is 0 Å². The van der Waals surface area contributed by atoms with Gasteiger partial charge in [0, 0.05) is 49.3 Å². The molecule has 1 unspecified atom stereocenters. The number of benzene rings is 1. The molecule has 4 rings (SSSR count). The van der Waals surface area contributed by atoms with Gasteiger partial charge in [-0.1, -0.05) is 11.2 Å². The van der Waals surface area contributed by atoms with Crippen molar-refractivity contribution in [1.82, 2.24) is 20.0 Å². The average molecular weight is 384 g/mol. The van der Waals surface area contributed by atoms with Crippen molar-refractivity contribution in [3.05, 3.63) is 47.7 Å². The number of ether oxygens (including phenoxy) is 2. The van der Waals surface area contributed by atoms with Crippen LogP contribution in [0.1, 0.15) is 34.9 Å². The zero-order chi connectivity index (χ0) is 19.3. The van der Waals surface area contributed by atoms with Crippen LogP contribution in [-0.2, 0) is 22.5 Å². The predicted molar refractivity (Wildman–Crippen MR) is 102 cm³/mol. The van der Waals surface area contributed by atoms with E-state index in [1.165, 1.54) is 0 Å². The third-order valence-corrected chi connectivity index (χ3v) is 4.95. The van der Waals surface area contributed by atoms with Gasteiger partial charge in [0.2, 0.25) is 0 Å². The Kier molecular flexibility index (Phi) is 5.68. The summed E-state index contributed by atoms with van der Waals surface area (Å²) in [7, 11) is 1.58. The molecule has 0 radical (unpaired) electrons. The lowest BCUT2D eigenvalue weighted by atomic mass is 10.0. The molecule has 1 saturated heterocycles. The monoisotopic (exact) mass is 384 g/mol. The van der Waals surface area contributed by atoms with E-state index in [2.05, 4.69) is 15.1 Å². The Bertz CT molecular complexity index is 935. The summed E-state index contributed by atoms with van der Waals surface area (Å²) in [6.45, 7) is 2.15. The van der Waals surface area contributed by atoms with Gasteiger partial charge >= 0.3 is 0 Å². The van der Waals surface area contributed by atoms with Crippen LogP contribution in [0.15, 0.2) is 35.0 Å². The molecule has 3 aromatic rings. The van der Waals surface area contributed by atoms with E-state index < -0.39 is 0 Å². The van der Waals surface area contributed by atoms with Gasteiger partial charge in [-0.05, 0) is 31.0 Å². The van der Waals surface area contributed by atoms with Crippen LogP contribution in [0, 0.1) is 0 Å². The van der Waals surface area contributed by atoms with Crippen molar-refractivity contribution in [1.29, 1.82) is 0 Å². The minimum absolute atomic E-state index is 0.0217. The van der Waals surface area contributed by atoms with Gasteiger partial charge in [-0.2, -0.15) is 4.98 Å². The number of nitrogens with one attached hydrogen (secondary N) is 1. The van der Waals surface area contributed by atoms with Gasteiger partial charge in [0.1, 0.15) is 6.61 Å². The molecule has 0 bridgehead atoms. The third kappa shape index (κ3) is 4.07. The van der Waals surface area contributed by atoms with Crippen LogP contribution in [0.4, 0.5) is 0 Å². The van der Waals surface area contributed by atoms with Crippen molar-refractivity contribution >= 4 is 16.8 Å². The summed E-state index contributed by atoms with van der Waals surface area (Å²) < 4.78 is 16.0. The van der Waals surface area contributed by atoms with Gasteiger partial charge < -0.3 is 23.9 Å². The lowest BCUT2D eigenvalue weighted by Gasteiger charge is -2.32. The van der Waals surface area contributed by atoms with Gasteiger partial charge in [-0.3, -0.25) is 4.79 Å². The molecule has 8 nitrogen and oxygen atoms in total. The summed E-state index contributed by atoms with van der Waals surface area (Å²) >= 11 is 0. The lowest BCUT2D eigenvalue weighted by Crippen LogP contribution is -2.43. The Morgan fingerprint density at radius 3 is 3.21 bits per heavy atom. The summed E-state index contributed by atoms with van der Waals surface area (Å²) in [6, 6.07) is 7.72. The Morgan fingerprint density at radius 1 is 1.39 bits per heavy atom. The molecule has 1 atom stereocenters. The number of methoxy groups -OCH3 is 1. The number of aromatic amines is 1. The number of fused-ring (bicyclic) bond motifs is 1. The molecule has 8 heteroatoms. The van der Waals surface area contributed by atoms with Crippen LogP contribution in [0.25, 0.3) is 10.9 Å². The van der Waals surface area contributed by atoms with Gasteiger partial charge in [-0.25, -0.2) is 0 Å². The number of piperidine rings is 1. The number of nitrogens with zero attached hydrogens (tertiary/aromatic N) is 3. The van der Waals surface area contributed by atoms with Gasteiger partial charge in [0.25, 0.3) is 11.8 Å². The van der Waals surface area contributed by atoms with Crippen LogP contribution in [0.2, 0.25) is 0 Å². The first-order valence-corrected chi connectivity index (χ1v) is 9.52. The zero-order valence-electron chi connectivity index (χ0n) is 15.9. The number of amides is 1. The molecular weight excluding hydrogens is 360 g/mol. The normalized spacial score (nSPS) is 17.3. The maximum Gasteiger partial charge on any atom is 0.254 e. The molecule has 1 N–H and O–H groups in total. The number of H-pyrrole nitrogens is 1. The van der Waals surface area contributed by atoms with Crippen LogP contribution >= 0.6 is 0 Å². The number of likely N-dealkylation sites (tertiary alicyclic amines) is 1. The second-order valence-electron chi connectivity index (χ2n) is 6.92. The first-order valence-electron chi connectivity index (χ1n) is 9.52. The zero-order valence-corrected chi connectivity index (χ0v) is 15.9. The van der Waals surface area contributed by atoms with Crippen LogP contribution < -0.4 is 0 Å². The summed E-state index contributed by atoms with van der Waals surface area (Å²) in [6.07, 6.45) is 4.33. The summed E-state index contributed by atoms with van der Waals surface area (Å²) in [5.41, 5.74) is 1.71. The van der Waals surface area contributed by atoms with E-state index in [0.29, 0.717) is 37.9 Å². The molecule has 1 aliphatic rings. The molecule has 148 valence electrons. The smallest absolute Gasteiger partial charge is 0.254 e. The Morgan fingerprint density at radius 2 is 2.32 bits per heavy atom. The number of hydrogen-bond donors (Lipinski definition) is 1. The number of aromatic nitrogens is 3. The van der Waals surface area contributed by atoms with Crippen molar-refractivity contribution in [2.45, 2.75) is 32.0 Å². The maximum absolute atomic E-state index is 13.0. The fraction of sp³-hybridized carbons (Fsp3) is 0.450. The molecular formula is C20H24N4O4. The molecule has 3 heterocycles. The molecule has 28 heavy (non-hydrogen) atoms. The van der Waals surface area contributed by atoms with Crippen molar-refractivity contribution < 1.29 is 18.8 Å². The Balaban J connectivity index is 1.32. The second kappa shape index (κ2) is 8.53. The van der Waals surface area contributed by atoms with Crippen LogP contribution in [0.3, 0.4) is 0 Å². The van der Waals surface area contributed by atoms with Gasteiger partial charge in [0.05, 0.1) is 12.7 Å². The summed E-state index contributed by atoms with van der Waals surface area (Å²) in [4.78, 5) is 22.3. The van der Waals surface area contributed by atoms with E-state index >= 15 is 0 Å².